The summed E-state index contributed by atoms with van der Waals surface area (Å²) in [6.07, 6.45) is 0. The van der Waals surface area contributed by atoms with Crippen molar-refractivity contribution in [1.82, 2.24) is 5.32 Å². The molecule has 6 nitrogen and oxygen atoms in total. The lowest BCUT2D eigenvalue weighted by molar-refractivity contribution is -0.137. The zero-order valence-corrected chi connectivity index (χ0v) is 12.6. The average molecular weight is 292 g/mol. The van der Waals surface area contributed by atoms with Crippen molar-refractivity contribution in [2.45, 2.75) is 27.7 Å². The van der Waals surface area contributed by atoms with Crippen LogP contribution in [0.5, 0.6) is 5.75 Å². The lowest BCUT2D eigenvalue weighted by Crippen LogP contribution is -2.39. The van der Waals surface area contributed by atoms with Crippen molar-refractivity contribution in [1.29, 1.82) is 0 Å². The second-order valence-electron chi connectivity index (χ2n) is 5.61. The van der Waals surface area contributed by atoms with Gasteiger partial charge in [-0.2, -0.15) is 0 Å². The van der Waals surface area contributed by atoms with Crippen molar-refractivity contribution in [3.63, 3.8) is 0 Å². The Labute approximate surface area is 123 Å². The zero-order chi connectivity index (χ0) is 16.0. The summed E-state index contributed by atoms with van der Waals surface area (Å²) in [6.45, 7) is 6.49. The van der Waals surface area contributed by atoms with Gasteiger partial charge in [0.05, 0.1) is 0 Å². The Kier molecular flexibility index (Phi) is 5.46. The summed E-state index contributed by atoms with van der Waals surface area (Å²) >= 11 is 0. The van der Waals surface area contributed by atoms with Crippen molar-refractivity contribution in [2.24, 2.45) is 5.41 Å². The average Bonchev–Trinajstić information content (AvgIpc) is 2.36. The fourth-order valence-electron chi connectivity index (χ4n) is 1.39. The van der Waals surface area contributed by atoms with E-state index in [4.69, 9.17) is 4.74 Å². The van der Waals surface area contributed by atoms with E-state index in [0.29, 0.717) is 11.4 Å². The summed E-state index contributed by atoms with van der Waals surface area (Å²) in [6, 6.07) is 6.37. The zero-order valence-electron chi connectivity index (χ0n) is 12.6. The molecule has 1 aromatic carbocycles. The molecule has 0 saturated heterocycles. The van der Waals surface area contributed by atoms with Crippen LogP contribution < -0.4 is 15.4 Å². The van der Waals surface area contributed by atoms with Crippen molar-refractivity contribution < 1.29 is 19.1 Å². The third-order valence-corrected chi connectivity index (χ3v) is 2.48. The highest BCUT2D eigenvalue weighted by atomic mass is 16.5. The maximum atomic E-state index is 11.6. The highest BCUT2D eigenvalue weighted by Crippen LogP contribution is 2.16. The van der Waals surface area contributed by atoms with Crippen LogP contribution >= 0.6 is 0 Å². The number of anilines is 1. The summed E-state index contributed by atoms with van der Waals surface area (Å²) in [5.74, 6) is -0.607. The molecule has 0 fully saturated rings. The van der Waals surface area contributed by atoms with E-state index >= 15 is 0 Å². The summed E-state index contributed by atoms with van der Waals surface area (Å²) in [7, 11) is 0. The van der Waals surface area contributed by atoms with Crippen LogP contribution in [0, 0.1) is 5.41 Å². The van der Waals surface area contributed by atoms with Gasteiger partial charge in [0.2, 0.25) is 11.8 Å². The number of carbonyl (C=O) groups is 3. The van der Waals surface area contributed by atoms with Crippen LogP contribution in [0.25, 0.3) is 0 Å². The van der Waals surface area contributed by atoms with Crippen LogP contribution in [-0.4, -0.2) is 24.3 Å². The van der Waals surface area contributed by atoms with Gasteiger partial charge in [-0.1, -0.05) is 20.8 Å². The van der Waals surface area contributed by atoms with E-state index in [-0.39, 0.29) is 18.4 Å². The normalized spacial score (nSPS) is 10.7. The van der Waals surface area contributed by atoms with Crippen LogP contribution in [0.3, 0.4) is 0 Å². The molecule has 0 aromatic heterocycles. The lowest BCUT2D eigenvalue weighted by atomic mass is 9.96. The van der Waals surface area contributed by atoms with Gasteiger partial charge >= 0.3 is 5.97 Å². The van der Waals surface area contributed by atoms with Gasteiger partial charge in [0, 0.05) is 18.0 Å². The van der Waals surface area contributed by atoms with Gasteiger partial charge in [0.15, 0.2) is 0 Å². The first-order valence-corrected chi connectivity index (χ1v) is 6.55. The summed E-state index contributed by atoms with van der Waals surface area (Å²) in [4.78, 5) is 34.1. The molecule has 2 amide bonds. The molecule has 0 atom stereocenters. The van der Waals surface area contributed by atoms with Gasteiger partial charge in [-0.3, -0.25) is 9.59 Å². The third-order valence-electron chi connectivity index (χ3n) is 2.48. The van der Waals surface area contributed by atoms with Crippen molar-refractivity contribution in [2.75, 3.05) is 11.9 Å². The Morgan fingerprint density at radius 2 is 1.67 bits per heavy atom. The number of amides is 2. The highest BCUT2D eigenvalue weighted by Gasteiger charge is 2.21. The number of hydrogen-bond donors (Lipinski definition) is 2. The van der Waals surface area contributed by atoms with Crippen LogP contribution in [0.2, 0.25) is 0 Å². The molecular formula is C15H20N2O4. The van der Waals surface area contributed by atoms with E-state index in [1.807, 2.05) is 0 Å². The van der Waals surface area contributed by atoms with E-state index in [1.54, 1.807) is 45.0 Å². The quantitative estimate of drug-likeness (QED) is 0.653. The third kappa shape index (κ3) is 6.07. The summed E-state index contributed by atoms with van der Waals surface area (Å²) in [5, 5.41) is 5.12. The Morgan fingerprint density at radius 3 is 2.14 bits per heavy atom. The Balaban J connectivity index is 2.48. The molecule has 114 valence electrons. The smallest absolute Gasteiger partial charge is 0.330 e. The SMILES string of the molecule is CC(=O)Nc1ccc(OC(=O)CNC(=O)C(C)(C)C)cc1. The van der Waals surface area contributed by atoms with Crippen LogP contribution in [0.4, 0.5) is 5.69 Å². The maximum Gasteiger partial charge on any atom is 0.330 e. The molecule has 1 rings (SSSR count). The molecular weight excluding hydrogens is 272 g/mol. The van der Waals surface area contributed by atoms with E-state index < -0.39 is 11.4 Å². The number of carbonyl (C=O) groups excluding carboxylic acids is 3. The number of nitrogens with one attached hydrogen (secondary N) is 2. The van der Waals surface area contributed by atoms with E-state index in [0.717, 1.165) is 0 Å². The molecule has 0 unspecified atom stereocenters. The van der Waals surface area contributed by atoms with Gasteiger partial charge in [-0.05, 0) is 24.3 Å². The first-order chi connectivity index (χ1) is 9.68. The van der Waals surface area contributed by atoms with Crippen LogP contribution in [-0.2, 0) is 14.4 Å². The molecule has 1 aromatic rings. The molecule has 0 aliphatic heterocycles. The number of esters is 1. The molecule has 0 aliphatic carbocycles. The van der Waals surface area contributed by atoms with Crippen LogP contribution in [0.1, 0.15) is 27.7 Å². The number of ether oxygens (including phenoxy) is 1. The Morgan fingerprint density at radius 1 is 1.10 bits per heavy atom. The number of rotatable bonds is 4. The maximum absolute atomic E-state index is 11.6. The largest absolute Gasteiger partial charge is 0.425 e. The fourth-order valence-corrected chi connectivity index (χ4v) is 1.39. The Bertz CT molecular complexity index is 530. The predicted molar refractivity (Wildman–Crippen MR) is 78.8 cm³/mol. The van der Waals surface area contributed by atoms with Crippen molar-refractivity contribution in [3.8, 4) is 5.75 Å². The van der Waals surface area contributed by atoms with Crippen molar-refractivity contribution in [3.05, 3.63) is 24.3 Å². The van der Waals surface area contributed by atoms with E-state index in [9.17, 15) is 14.4 Å². The molecule has 0 bridgehead atoms. The highest BCUT2D eigenvalue weighted by molar-refractivity contribution is 5.89. The molecule has 0 aliphatic rings. The fraction of sp³-hybridized carbons (Fsp3) is 0.400. The standard InChI is InChI=1S/C15H20N2O4/c1-10(18)17-11-5-7-12(8-6-11)21-13(19)9-16-14(20)15(2,3)4/h5-8H,9H2,1-4H3,(H,16,20)(H,17,18). The van der Waals surface area contributed by atoms with Gasteiger partial charge in [0.1, 0.15) is 12.3 Å². The minimum absolute atomic E-state index is 0.176. The first-order valence-electron chi connectivity index (χ1n) is 6.55. The predicted octanol–water partition coefficient (Wildman–Crippen LogP) is 1.71. The van der Waals surface area contributed by atoms with Gasteiger partial charge in [0.25, 0.3) is 0 Å². The second kappa shape index (κ2) is 6.88. The number of benzene rings is 1. The van der Waals surface area contributed by atoms with Crippen LogP contribution in [0.15, 0.2) is 24.3 Å². The topological polar surface area (TPSA) is 84.5 Å². The lowest BCUT2D eigenvalue weighted by Gasteiger charge is -2.17. The van der Waals surface area contributed by atoms with Gasteiger partial charge in [-0.15, -0.1) is 0 Å². The number of hydrogen-bond acceptors (Lipinski definition) is 4. The molecule has 6 heteroatoms. The summed E-state index contributed by atoms with van der Waals surface area (Å²) < 4.78 is 5.07. The minimum Gasteiger partial charge on any atom is -0.425 e. The van der Waals surface area contributed by atoms with E-state index in [1.165, 1.54) is 6.92 Å². The monoisotopic (exact) mass is 292 g/mol. The second-order valence-corrected chi connectivity index (χ2v) is 5.61. The molecule has 0 saturated carbocycles. The first kappa shape index (κ1) is 16.7. The molecule has 0 spiro atoms. The van der Waals surface area contributed by atoms with Crippen molar-refractivity contribution >= 4 is 23.5 Å². The minimum atomic E-state index is -0.556. The van der Waals surface area contributed by atoms with Gasteiger partial charge in [-0.25, -0.2) is 4.79 Å². The summed E-state index contributed by atoms with van der Waals surface area (Å²) in [5.41, 5.74) is 0.0589. The van der Waals surface area contributed by atoms with Gasteiger partial charge < -0.3 is 15.4 Å². The van der Waals surface area contributed by atoms with E-state index in [2.05, 4.69) is 10.6 Å². The molecule has 0 heterocycles. The Hall–Kier alpha value is -2.37. The molecule has 2 N–H and O–H groups in total. The molecule has 0 radical (unpaired) electrons. The molecule has 21 heavy (non-hydrogen) atoms.